The summed E-state index contributed by atoms with van der Waals surface area (Å²) in [5.74, 6) is 6.15. The van der Waals surface area contributed by atoms with Crippen molar-refractivity contribution in [1.82, 2.24) is 0 Å². The molecule has 0 spiro atoms. The van der Waals surface area contributed by atoms with E-state index in [2.05, 4.69) is 39.1 Å². The highest BCUT2D eigenvalue weighted by Crippen LogP contribution is 2.46. The molecule has 1 aliphatic carbocycles. The topological polar surface area (TPSA) is 0 Å². The summed E-state index contributed by atoms with van der Waals surface area (Å²) in [7, 11) is 0. The lowest BCUT2D eigenvalue weighted by molar-refractivity contribution is 0.0664. The molecule has 1 rings (SSSR count). The molecule has 0 aliphatic heterocycles. The van der Waals surface area contributed by atoms with Gasteiger partial charge in [0, 0.05) is 0 Å². The molecule has 4 unspecified atom stereocenters. The first-order valence-corrected chi connectivity index (χ1v) is 14.3. The molecule has 0 aromatic heterocycles. The molecule has 1 saturated carbocycles. The first-order valence-electron chi connectivity index (χ1n) is 13.0. The van der Waals surface area contributed by atoms with Crippen molar-refractivity contribution in [2.45, 2.75) is 129 Å². The molecular formula is C26H52S2. The summed E-state index contributed by atoms with van der Waals surface area (Å²) in [6, 6.07) is 0. The molecule has 28 heavy (non-hydrogen) atoms. The lowest BCUT2D eigenvalue weighted by Gasteiger charge is -2.44. The molecule has 0 amide bonds. The van der Waals surface area contributed by atoms with Crippen molar-refractivity contribution >= 4 is 25.3 Å². The SMILES string of the molecule is CCCCCCC1C(CC)CCC(CCS)C1CCCCCCCCCCS. The average molecular weight is 429 g/mol. The van der Waals surface area contributed by atoms with E-state index in [-0.39, 0.29) is 0 Å². The van der Waals surface area contributed by atoms with E-state index in [1.54, 1.807) is 0 Å². The van der Waals surface area contributed by atoms with E-state index in [4.69, 9.17) is 0 Å². The quantitative estimate of drug-likeness (QED) is 0.158. The van der Waals surface area contributed by atoms with E-state index in [9.17, 15) is 0 Å². The van der Waals surface area contributed by atoms with Crippen LogP contribution in [0.4, 0.5) is 0 Å². The van der Waals surface area contributed by atoms with Gasteiger partial charge in [0.05, 0.1) is 0 Å². The number of rotatable bonds is 18. The minimum absolute atomic E-state index is 0.970. The minimum Gasteiger partial charge on any atom is -0.179 e. The maximum Gasteiger partial charge on any atom is -0.00952 e. The van der Waals surface area contributed by atoms with Crippen LogP contribution in [0, 0.1) is 23.7 Å². The van der Waals surface area contributed by atoms with Crippen LogP contribution in [0.5, 0.6) is 0 Å². The zero-order chi connectivity index (χ0) is 20.5. The summed E-state index contributed by atoms with van der Waals surface area (Å²) in [6.45, 7) is 4.79. The van der Waals surface area contributed by atoms with E-state index >= 15 is 0 Å². The zero-order valence-corrected chi connectivity index (χ0v) is 21.1. The molecule has 2 heteroatoms. The Balaban J connectivity index is 2.41. The molecule has 0 radical (unpaired) electrons. The third-order valence-electron chi connectivity index (χ3n) is 7.53. The van der Waals surface area contributed by atoms with Crippen molar-refractivity contribution in [3.8, 4) is 0 Å². The van der Waals surface area contributed by atoms with Gasteiger partial charge in [-0.2, -0.15) is 25.3 Å². The Labute approximate surface area is 189 Å². The second-order valence-corrected chi connectivity index (χ2v) is 10.4. The molecule has 0 bridgehead atoms. The molecule has 1 fully saturated rings. The summed E-state index contributed by atoms with van der Waals surface area (Å²) in [5.41, 5.74) is 0. The molecule has 0 N–H and O–H groups in total. The third kappa shape index (κ3) is 11.2. The van der Waals surface area contributed by atoms with Crippen LogP contribution in [0.2, 0.25) is 0 Å². The molecule has 4 atom stereocenters. The Bertz CT molecular complexity index is 330. The lowest BCUT2D eigenvalue weighted by Crippen LogP contribution is -2.35. The van der Waals surface area contributed by atoms with Crippen molar-refractivity contribution < 1.29 is 0 Å². The van der Waals surface area contributed by atoms with Gasteiger partial charge < -0.3 is 0 Å². The van der Waals surface area contributed by atoms with Crippen molar-refractivity contribution in [3.05, 3.63) is 0 Å². The number of hydrogen-bond acceptors (Lipinski definition) is 2. The lowest BCUT2D eigenvalue weighted by atomic mass is 9.62. The smallest absolute Gasteiger partial charge is 0.00952 e. The fraction of sp³-hybridized carbons (Fsp3) is 1.00. The molecule has 0 nitrogen and oxygen atoms in total. The van der Waals surface area contributed by atoms with Gasteiger partial charge in [0.1, 0.15) is 0 Å². The second kappa shape index (κ2) is 18.5. The van der Waals surface area contributed by atoms with E-state index in [0.29, 0.717) is 0 Å². The second-order valence-electron chi connectivity index (χ2n) is 9.54. The van der Waals surface area contributed by atoms with Gasteiger partial charge >= 0.3 is 0 Å². The van der Waals surface area contributed by atoms with Gasteiger partial charge in [-0.05, 0) is 73.7 Å². The van der Waals surface area contributed by atoms with Crippen molar-refractivity contribution in [3.63, 3.8) is 0 Å². The molecule has 0 saturated heterocycles. The van der Waals surface area contributed by atoms with Gasteiger partial charge in [-0.25, -0.2) is 0 Å². The fourth-order valence-corrected chi connectivity index (χ4v) is 6.40. The van der Waals surface area contributed by atoms with Gasteiger partial charge in [-0.1, -0.05) is 90.9 Å². The van der Waals surface area contributed by atoms with Crippen LogP contribution in [0.15, 0.2) is 0 Å². The molecule has 0 heterocycles. The van der Waals surface area contributed by atoms with Gasteiger partial charge in [-0.15, -0.1) is 0 Å². The standard InChI is InChI=1S/C26H52S2/c1-3-5-6-13-16-25-23(4-2)18-19-24(20-22-28)26(25)17-14-11-9-7-8-10-12-15-21-27/h23-28H,3-22H2,1-2H3. The minimum atomic E-state index is 0.970. The molecular weight excluding hydrogens is 376 g/mol. The normalized spacial score (nSPS) is 25.3. The first kappa shape index (κ1) is 26.7. The number of hydrogen-bond donors (Lipinski definition) is 2. The Hall–Kier alpha value is 0.700. The van der Waals surface area contributed by atoms with Crippen molar-refractivity contribution in [1.29, 1.82) is 0 Å². The molecule has 0 aromatic carbocycles. The average Bonchev–Trinajstić information content (AvgIpc) is 2.71. The van der Waals surface area contributed by atoms with Crippen LogP contribution < -0.4 is 0 Å². The fourth-order valence-electron chi connectivity index (χ4n) is 5.85. The van der Waals surface area contributed by atoms with Gasteiger partial charge in [0.2, 0.25) is 0 Å². The molecule has 168 valence electrons. The molecule has 1 aliphatic rings. The Kier molecular flexibility index (Phi) is 17.6. The van der Waals surface area contributed by atoms with Crippen LogP contribution in [-0.4, -0.2) is 11.5 Å². The maximum atomic E-state index is 4.61. The van der Waals surface area contributed by atoms with Gasteiger partial charge in [0.15, 0.2) is 0 Å². The summed E-state index contributed by atoms with van der Waals surface area (Å²) < 4.78 is 0. The monoisotopic (exact) mass is 428 g/mol. The Morgan fingerprint density at radius 3 is 1.57 bits per heavy atom. The van der Waals surface area contributed by atoms with E-state index in [1.165, 1.54) is 116 Å². The van der Waals surface area contributed by atoms with Crippen LogP contribution >= 0.6 is 25.3 Å². The highest BCUT2D eigenvalue weighted by Gasteiger charge is 2.37. The van der Waals surface area contributed by atoms with E-state index in [0.717, 1.165) is 35.2 Å². The Morgan fingerprint density at radius 1 is 0.536 bits per heavy atom. The van der Waals surface area contributed by atoms with Crippen LogP contribution in [0.25, 0.3) is 0 Å². The predicted molar refractivity (Wildman–Crippen MR) is 136 cm³/mol. The summed E-state index contributed by atoms with van der Waals surface area (Å²) >= 11 is 8.92. The van der Waals surface area contributed by atoms with E-state index in [1.807, 2.05) is 0 Å². The first-order chi connectivity index (χ1) is 13.8. The van der Waals surface area contributed by atoms with Crippen molar-refractivity contribution in [2.75, 3.05) is 11.5 Å². The summed E-state index contributed by atoms with van der Waals surface area (Å²) in [6.07, 6.45) is 25.9. The van der Waals surface area contributed by atoms with Crippen molar-refractivity contribution in [2.24, 2.45) is 23.7 Å². The van der Waals surface area contributed by atoms with Gasteiger partial charge in [0.25, 0.3) is 0 Å². The van der Waals surface area contributed by atoms with Crippen LogP contribution in [0.3, 0.4) is 0 Å². The van der Waals surface area contributed by atoms with Crippen LogP contribution in [-0.2, 0) is 0 Å². The van der Waals surface area contributed by atoms with Gasteiger partial charge in [-0.3, -0.25) is 0 Å². The highest BCUT2D eigenvalue weighted by molar-refractivity contribution is 7.80. The Morgan fingerprint density at radius 2 is 1.04 bits per heavy atom. The zero-order valence-electron chi connectivity index (χ0n) is 19.3. The number of thiol groups is 2. The number of unbranched alkanes of at least 4 members (excludes halogenated alkanes) is 10. The maximum absolute atomic E-state index is 4.61. The predicted octanol–water partition coefficient (Wildman–Crippen LogP) is 9.39. The largest absolute Gasteiger partial charge is 0.179 e. The summed E-state index contributed by atoms with van der Waals surface area (Å²) in [4.78, 5) is 0. The van der Waals surface area contributed by atoms with Crippen LogP contribution in [0.1, 0.15) is 129 Å². The van der Waals surface area contributed by atoms with E-state index < -0.39 is 0 Å². The summed E-state index contributed by atoms with van der Waals surface area (Å²) in [5, 5.41) is 0. The highest BCUT2D eigenvalue weighted by atomic mass is 32.1. The third-order valence-corrected chi connectivity index (χ3v) is 8.10. The molecule has 0 aromatic rings.